The number of halogens is 1. The quantitative estimate of drug-likeness (QED) is 0.375. The van der Waals surface area contributed by atoms with Crippen molar-refractivity contribution in [2.75, 3.05) is 6.54 Å². The molecule has 0 aliphatic heterocycles. The second-order valence-electron chi connectivity index (χ2n) is 8.41. The molecule has 0 unspecified atom stereocenters. The molecule has 4 rings (SSSR count). The lowest BCUT2D eigenvalue weighted by molar-refractivity contribution is -0.132. The highest BCUT2D eigenvalue weighted by Crippen LogP contribution is 2.23. The van der Waals surface area contributed by atoms with Crippen LogP contribution in [-0.2, 0) is 17.8 Å². The van der Waals surface area contributed by atoms with E-state index in [1.54, 1.807) is 29.3 Å². The van der Waals surface area contributed by atoms with Crippen molar-refractivity contribution in [2.24, 2.45) is 0 Å². The Bertz CT molecular complexity index is 1390. The molecule has 8 heteroatoms. The van der Waals surface area contributed by atoms with Crippen LogP contribution in [0.4, 0.5) is 0 Å². The molecule has 2 aromatic heterocycles. The predicted molar refractivity (Wildman–Crippen MR) is 133 cm³/mol. The molecule has 0 atom stereocenters. The zero-order valence-corrected chi connectivity index (χ0v) is 20.3. The van der Waals surface area contributed by atoms with E-state index in [9.17, 15) is 9.59 Å². The summed E-state index contributed by atoms with van der Waals surface area (Å²) in [5, 5.41) is 0.967. The first-order chi connectivity index (χ1) is 16.3. The Morgan fingerprint density at radius 2 is 1.97 bits per heavy atom. The molecule has 0 spiro atoms. The molecule has 0 aliphatic rings. The van der Waals surface area contributed by atoms with Crippen LogP contribution in [0, 0.1) is 13.8 Å². The van der Waals surface area contributed by atoms with Gasteiger partial charge < -0.3 is 14.3 Å². The number of aromatic nitrogens is 3. The van der Waals surface area contributed by atoms with E-state index in [2.05, 4.69) is 40.9 Å². The number of hydrogen-bond donors (Lipinski definition) is 1. The first-order valence-electron chi connectivity index (χ1n) is 11.3. The van der Waals surface area contributed by atoms with Crippen molar-refractivity contribution < 1.29 is 9.21 Å². The fraction of sp³-hybridized carbons (Fsp3) is 0.308. The summed E-state index contributed by atoms with van der Waals surface area (Å²) in [5.74, 6) is 1.58. The largest absolute Gasteiger partial charge is 0.441 e. The van der Waals surface area contributed by atoms with E-state index in [1.807, 2.05) is 13.0 Å². The molecule has 2 heterocycles. The lowest BCUT2D eigenvalue weighted by Crippen LogP contribution is -2.33. The standard InChI is InChI=1S/C26H27ClN4O3/c1-4-11-31(15-23-29-21-13-19(27)7-8-20(21)26(33)30-23)25(32)10-9-24-28-14-22(34-24)18-6-5-16(2)17(3)12-18/h5-8,12-14H,4,9-11,15H2,1-3H3,(H,29,30,33). The molecule has 0 saturated heterocycles. The number of rotatable bonds is 8. The molecule has 1 amide bonds. The Morgan fingerprint density at radius 1 is 1.15 bits per heavy atom. The number of nitrogens with one attached hydrogen (secondary N) is 1. The molecule has 1 N–H and O–H groups in total. The van der Waals surface area contributed by atoms with Crippen molar-refractivity contribution in [1.82, 2.24) is 19.9 Å². The van der Waals surface area contributed by atoms with Crippen molar-refractivity contribution in [2.45, 2.75) is 46.6 Å². The van der Waals surface area contributed by atoms with Gasteiger partial charge in [-0.05, 0) is 55.7 Å². The topological polar surface area (TPSA) is 92.1 Å². The number of benzene rings is 2. The molecular formula is C26H27ClN4O3. The molecular weight excluding hydrogens is 452 g/mol. The average Bonchev–Trinajstić information content (AvgIpc) is 3.28. The molecule has 176 valence electrons. The number of nitrogens with zero attached hydrogens (tertiary/aromatic N) is 3. The van der Waals surface area contributed by atoms with E-state index in [-0.39, 0.29) is 24.4 Å². The first kappa shape index (κ1) is 23.7. The van der Waals surface area contributed by atoms with Gasteiger partial charge in [0.25, 0.3) is 5.56 Å². The Morgan fingerprint density at radius 3 is 2.74 bits per heavy atom. The molecule has 0 aliphatic carbocycles. The number of fused-ring (bicyclic) bond motifs is 1. The normalized spacial score (nSPS) is 11.2. The highest BCUT2D eigenvalue weighted by Gasteiger charge is 2.17. The predicted octanol–water partition coefficient (Wildman–Crippen LogP) is 5.22. The van der Waals surface area contributed by atoms with Gasteiger partial charge in [0, 0.05) is 30.0 Å². The van der Waals surface area contributed by atoms with Gasteiger partial charge >= 0.3 is 0 Å². The minimum Gasteiger partial charge on any atom is -0.441 e. The first-order valence-corrected chi connectivity index (χ1v) is 11.7. The summed E-state index contributed by atoms with van der Waals surface area (Å²) in [6, 6.07) is 11.1. The maximum atomic E-state index is 13.0. The van der Waals surface area contributed by atoms with Gasteiger partial charge in [-0.25, -0.2) is 9.97 Å². The van der Waals surface area contributed by atoms with Crippen molar-refractivity contribution >= 4 is 28.4 Å². The molecule has 0 saturated carbocycles. The second kappa shape index (κ2) is 10.2. The number of oxazole rings is 1. The van der Waals surface area contributed by atoms with Gasteiger partial charge in [0.1, 0.15) is 5.82 Å². The number of aromatic amines is 1. The maximum absolute atomic E-state index is 13.0. The van der Waals surface area contributed by atoms with Crippen LogP contribution >= 0.6 is 11.6 Å². The van der Waals surface area contributed by atoms with E-state index in [0.29, 0.717) is 46.4 Å². The number of carbonyl (C=O) groups is 1. The van der Waals surface area contributed by atoms with Gasteiger partial charge in [0.15, 0.2) is 11.7 Å². The maximum Gasteiger partial charge on any atom is 0.258 e. The van der Waals surface area contributed by atoms with Gasteiger partial charge in [0.2, 0.25) is 5.91 Å². The summed E-state index contributed by atoms with van der Waals surface area (Å²) in [4.78, 5) is 38.7. The number of aryl methyl sites for hydroxylation is 3. The van der Waals surface area contributed by atoms with Crippen molar-refractivity contribution in [3.8, 4) is 11.3 Å². The summed E-state index contributed by atoms with van der Waals surface area (Å²) in [5.41, 5.74) is 3.62. The second-order valence-corrected chi connectivity index (χ2v) is 8.84. The fourth-order valence-electron chi connectivity index (χ4n) is 3.80. The summed E-state index contributed by atoms with van der Waals surface area (Å²) < 4.78 is 5.89. The Labute approximate surface area is 202 Å². The van der Waals surface area contributed by atoms with Crippen LogP contribution in [0.2, 0.25) is 5.02 Å². The van der Waals surface area contributed by atoms with Crippen molar-refractivity contribution in [3.63, 3.8) is 0 Å². The van der Waals surface area contributed by atoms with E-state index >= 15 is 0 Å². The van der Waals surface area contributed by atoms with Crippen LogP contribution in [0.15, 0.2) is 51.8 Å². The number of amides is 1. The third-order valence-corrected chi connectivity index (χ3v) is 6.04. The van der Waals surface area contributed by atoms with E-state index in [4.69, 9.17) is 16.0 Å². The zero-order chi connectivity index (χ0) is 24.2. The van der Waals surface area contributed by atoms with Gasteiger partial charge in [-0.15, -0.1) is 0 Å². The zero-order valence-electron chi connectivity index (χ0n) is 19.5. The van der Waals surface area contributed by atoms with Crippen LogP contribution < -0.4 is 5.56 Å². The highest BCUT2D eigenvalue weighted by molar-refractivity contribution is 6.31. The van der Waals surface area contributed by atoms with Gasteiger partial charge in [0.05, 0.1) is 23.6 Å². The van der Waals surface area contributed by atoms with Crippen LogP contribution in [0.25, 0.3) is 22.2 Å². The average molecular weight is 479 g/mol. The summed E-state index contributed by atoms with van der Waals surface area (Å²) in [7, 11) is 0. The molecule has 0 fully saturated rings. The van der Waals surface area contributed by atoms with Gasteiger partial charge in [-0.2, -0.15) is 0 Å². The minimum atomic E-state index is -0.251. The van der Waals surface area contributed by atoms with Gasteiger partial charge in [-0.1, -0.05) is 30.7 Å². The highest BCUT2D eigenvalue weighted by atomic mass is 35.5. The summed E-state index contributed by atoms with van der Waals surface area (Å²) >= 11 is 6.05. The van der Waals surface area contributed by atoms with E-state index in [1.165, 1.54) is 11.1 Å². The Kier molecular flexibility index (Phi) is 7.12. The third kappa shape index (κ3) is 5.37. The van der Waals surface area contributed by atoms with E-state index < -0.39 is 0 Å². The number of hydrogen-bond acceptors (Lipinski definition) is 5. The molecule has 7 nitrogen and oxygen atoms in total. The van der Waals surface area contributed by atoms with Crippen LogP contribution in [0.5, 0.6) is 0 Å². The minimum absolute atomic E-state index is 0.0541. The van der Waals surface area contributed by atoms with Crippen molar-refractivity contribution in [1.29, 1.82) is 0 Å². The van der Waals surface area contributed by atoms with E-state index in [0.717, 1.165) is 12.0 Å². The van der Waals surface area contributed by atoms with Gasteiger partial charge in [-0.3, -0.25) is 9.59 Å². The molecule has 4 aromatic rings. The van der Waals surface area contributed by atoms with Crippen LogP contribution in [0.1, 0.15) is 42.6 Å². The number of carbonyl (C=O) groups excluding carboxylic acids is 1. The summed E-state index contributed by atoms with van der Waals surface area (Å²) in [6.07, 6.45) is 3.12. The Hall–Kier alpha value is -3.45. The molecule has 0 bridgehead atoms. The van der Waals surface area contributed by atoms with Crippen LogP contribution in [0.3, 0.4) is 0 Å². The lowest BCUT2D eigenvalue weighted by atomic mass is 10.1. The fourth-order valence-corrected chi connectivity index (χ4v) is 3.97. The molecule has 2 aromatic carbocycles. The summed E-state index contributed by atoms with van der Waals surface area (Å²) in [6.45, 7) is 6.89. The van der Waals surface area contributed by atoms with Crippen molar-refractivity contribution in [3.05, 3.63) is 80.8 Å². The SMILES string of the molecule is CCCN(Cc1nc2cc(Cl)ccc2c(=O)[nH]1)C(=O)CCc1ncc(-c2ccc(C)c(C)c2)o1. The Balaban J connectivity index is 1.45. The third-order valence-electron chi connectivity index (χ3n) is 5.80. The monoisotopic (exact) mass is 478 g/mol. The van der Waals surface area contributed by atoms with Crippen LogP contribution in [-0.4, -0.2) is 32.3 Å². The number of H-pyrrole nitrogens is 1. The molecule has 0 radical (unpaired) electrons. The molecule has 34 heavy (non-hydrogen) atoms. The lowest BCUT2D eigenvalue weighted by Gasteiger charge is -2.21. The smallest absolute Gasteiger partial charge is 0.258 e.